The summed E-state index contributed by atoms with van der Waals surface area (Å²) in [6, 6.07) is 5.95. The highest BCUT2D eigenvalue weighted by molar-refractivity contribution is 5.76. The summed E-state index contributed by atoms with van der Waals surface area (Å²) in [4.78, 5) is 25.5. The minimum absolute atomic E-state index is 0.237. The largest absolute Gasteiger partial charge is 0.491 e. The highest BCUT2D eigenvalue weighted by atomic mass is 16.5. The molecule has 2 N–H and O–H groups in total. The SMILES string of the molecule is NC(=O)CCc1ccc2c(c1)CN(C(=O)CC1CCCC1)CCO2. The smallest absolute Gasteiger partial charge is 0.223 e. The van der Waals surface area contributed by atoms with Gasteiger partial charge < -0.3 is 15.4 Å². The third kappa shape index (κ3) is 4.28. The Balaban J connectivity index is 1.67. The zero-order chi connectivity index (χ0) is 16.9. The number of hydrogen-bond donors (Lipinski definition) is 1. The lowest BCUT2D eigenvalue weighted by molar-refractivity contribution is -0.133. The fourth-order valence-electron chi connectivity index (χ4n) is 3.67. The summed E-state index contributed by atoms with van der Waals surface area (Å²) >= 11 is 0. The fourth-order valence-corrected chi connectivity index (χ4v) is 3.67. The van der Waals surface area contributed by atoms with Gasteiger partial charge in [0.1, 0.15) is 12.4 Å². The molecule has 1 aromatic rings. The molecule has 3 rings (SSSR count). The van der Waals surface area contributed by atoms with E-state index in [9.17, 15) is 9.59 Å². The minimum atomic E-state index is -0.297. The minimum Gasteiger partial charge on any atom is -0.491 e. The molecule has 0 spiro atoms. The number of amides is 2. The van der Waals surface area contributed by atoms with Crippen molar-refractivity contribution >= 4 is 11.8 Å². The summed E-state index contributed by atoms with van der Waals surface area (Å²) in [5.41, 5.74) is 7.31. The third-order valence-corrected chi connectivity index (χ3v) is 5.06. The van der Waals surface area contributed by atoms with Crippen LogP contribution in [-0.4, -0.2) is 29.9 Å². The van der Waals surface area contributed by atoms with Crippen molar-refractivity contribution in [2.45, 2.75) is 51.5 Å². The van der Waals surface area contributed by atoms with Crippen LogP contribution in [0.1, 0.15) is 49.7 Å². The van der Waals surface area contributed by atoms with Crippen LogP contribution in [-0.2, 0) is 22.6 Å². The molecule has 5 heteroatoms. The van der Waals surface area contributed by atoms with Gasteiger partial charge in [-0.05, 0) is 36.8 Å². The van der Waals surface area contributed by atoms with Crippen molar-refractivity contribution in [2.24, 2.45) is 11.7 Å². The molecule has 0 saturated heterocycles. The number of benzene rings is 1. The van der Waals surface area contributed by atoms with Crippen LogP contribution in [0.2, 0.25) is 0 Å². The van der Waals surface area contributed by atoms with Crippen molar-refractivity contribution in [3.05, 3.63) is 29.3 Å². The van der Waals surface area contributed by atoms with E-state index in [0.717, 1.165) is 16.9 Å². The lowest BCUT2D eigenvalue weighted by Crippen LogP contribution is -2.33. The van der Waals surface area contributed by atoms with Gasteiger partial charge in [0.05, 0.1) is 6.54 Å². The van der Waals surface area contributed by atoms with Gasteiger partial charge in [-0.1, -0.05) is 25.0 Å². The van der Waals surface area contributed by atoms with Gasteiger partial charge in [-0.25, -0.2) is 0 Å². The van der Waals surface area contributed by atoms with Crippen LogP contribution in [0.3, 0.4) is 0 Å². The van der Waals surface area contributed by atoms with Crippen molar-refractivity contribution in [2.75, 3.05) is 13.2 Å². The fraction of sp³-hybridized carbons (Fsp3) is 0.579. The lowest BCUT2D eigenvalue weighted by Gasteiger charge is -2.21. The molecule has 1 saturated carbocycles. The van der Waals surface area contributed by atoms with Gasteiger partial charge in [0.2, 0.25) is 11.8 Å². The zero-order valence-corrected chi connectivity index (χ0v) is 14.1. The van der Waals surface area contributed by atoms with Gasteiger partial charge in [0.15, 0.2) is 0 Å². The molecule has 0 unspecified atom stereocenters. The van der Waals surface area contributed by atoms with Crippen molar-refractivity contribution < 1.29 is 14.3 Å². The summed E-state index contributed by atoms with van der Waals surface area (Å²) < 4.78 is 5.79. The average molecular weight is 330 g/mol. The summed E-state index contributed by atoms with van der Waals surface area (Å²) in [6.07, 6.45) is 6.51. The molecule has 0 aromatic heterocycles. The molecule has 1 heterocycles. The average Bonchev–Trinajstić information content (AvgIpc) is 2.96. The summed E-state index contributed by atoms with van der Waals surface area (Å²) in [5.74, 6) is 1.34. The van der Waals surface area contributed by atoms with E-state index < -0.39 is 0 Å². The highest BCUT2D eigenvalue weighted by Crippen LogP contribution is 2.30. The molecule has 0 bridgehead atoms. The van der Waals surface area contributed by atoms with Crippen LogP contribution >= 0.6 is 0 Å². The molecule has 2 amide bonds. The van der Waals surface area contributed by atoms with E-state index in [0.29, 0.717) is 44.9 Å². The molecule has 1 aliphatic carbocycles. The van der Waals surface area contributed by atoms with Gasteiger partial charge in [-0.2, -0.15) is 0 Å². The first-order valence-electron chi connectivity index (χ1n) is 8.92. The van der Waals surface area contributed by atoms with Crippen LogP contribution in [0.15, 0.2) is 18.2 Å². The van der Waals surface area contributed by atoms with Crippen LogP contribution < -0.4 is 10.5 Å². The number of nitrogens with two attached hydrogens (primary N) is 1. The third-order valence-electron chi connectivity index (χ3n) is 5.06. The number of aryl methyl sites for hydroxylation is 1. The van der Waals surface area contributed by atoms with Crippen molar-refractivity contribution in [1.82, 2.24) is 4.90 Å². The Morgan fingerprint density at radius 3 is 2.79 bits per heavy atom. The Morgan fingerprint density at radius 2 is 2.04 bits per heavy atom. The van der Waals surface area contributed by atoms with E-state index in [4.69, 9.17) is 10.5 Å². The number of carbonyl (C=O) groups is 2. The predicted octanol–water partition coefficient (Wildman–Crippen LogP) is 2.41. The number of carbonyl (C=O) groups excluding carboxylic acids is 2. The standard InChI is InChI=1S/C19H26N2O3/c20-18(22)8-6-15-5-7-17-16(11-15)13-21(9-10-24-17)19(23)12-14-3-1-2-4-14/h5,7,11,14H,1-4,6,8-10,12-13H2,(H2,20,22). The number of hydrogen-bond acceptors (Lipinski definition) is 3. The summed E-state index contributed by atoms with van der Waals surface area (Å²) in [7, 11) is 0. The van der Waals surface area contributed by atoms with Gasteiger partial charge in [-0.15, -0.1) is 0 Å². The van der Waals surface area contributed by atoms with E-state index in [1.807, 2.05) is 23.1 Å². The van der Waals surface area contributed by atoms with Crippen LogP contribution in [0.5, 0.6) is 5.75 Å². The maximum atomic E-state index is 12.6. The molecule has 0 radical (unpaired) electrons. The van der Waals surface area contributed by atoms with Gasteiger partial charge in [-0.3, -0.25) is 9.59 Å². The van der Waals surface area contributed by atoms with E-state index in [2.05, 4.69) is 0 Å². The maximum Gasteiger partial charge on any atom is 0.223 e. The second kappa shape index (κ2) is 7.69. The molecular weight excluding hydrogens is 304 g/mol. The monoisotopic (exact) mass is 330 g/mol. The summed E-state index contributed by atoms with van der Waals surface area (Å²) in [5, 5.41) is 0. The van der Waals surface area contributed by atoms with Crippen molar-refractivity contribution in [3.8, 4) is 5.75 Å². The Bertz CT molecular complexity index is 609. The Kier molecular flexibility index (Phi) is 5.38. The van der Waals surface area contributed by atoms with E-state index in [-0.39, 0.29) is 11.8 Å². The van der Waals surface area contributed by atoms with Gasteiger partial charge in [0, 0.05) is 24.9 Å². The first-order valence-corrected chi connectivity index (χ1v) is 8.92. The van der Waals surface area contributed by atoms with Gasteiger partial charge >= 0.3 is 0 Å². The Morgan fingerprint density at radius 1 is 1.25 bits per heavy atom. The molecule has 1 fully saturated rings. The van der Waals surface area contributed by atoms with E-state index >= 15 is 0 Å². The van der Waals surface area contributed by atoms with E-state index in [1.165, 1.54) is 25.7 Å². The normalized spacial score (nSPS) is 17.9. The second-order valence-electron chi connectivity index (χ2n) is 6.93. The number of nitrogens with zero attached hydrogens (tertiary/aromatic N) is 1. The molecule has 130 valence electrons. The van der Waals surface area contributed by atoms with Crippen LogP contribution in [0, 0.1) is 5.92 Å². The zero-order valence-electron chi connectivity index (χ0n) is 14.1. The van der Waals surface area contributed by atoms with Crippen molar-refractivity contribution in [3.63, 3.8) is 0 Å². The molecular formula is C19H26N2O3. The molecule has 2 aliphatic rings. The molecule has 24 heavy (non-hydrogen) atoms. The molecule has 0 atom stereocenters. The quantitative estimate of drug-likeness (QED) is 0.901. The van der Waals surface area contributed by atoms with Crippen LogP contribution in [0.25, 0.3) is 0 Å². The van der Waals surface area contributed by atoms with Gasteiger partial charge in [0.25, 0.3) is 0 Å². The van der Waals surface area contributed by atoms with Crippen molar-refractivity contribution in [1.29, 1.82) is 0 Å². The first kappa shape index (κ1) is 16.8. The molecule has 1 aliphatic heterocycles. The number of rotatable bonds is 5. The second-order valence-corrected chi connectivity index (χ2v) is 6.93. The predicted molar refractivity (Wildman–Crippen MR) is 91.4 cm³/mol. The topological polar surface area (TPSA) is 72.6 Å². The maximum absolute atomic E-state index is 12.6. The Hall–Kier alpha value is -2.04. The van der Waals surface area contributed by atoms with Crippen LogP contribution in [0.4, 0.5) is 0 Å². The Labute approximate surface area is 143 Å². The number of ether oxygens (including phenoxy) is 1. The highest BCUT2D eigenvalue weighted by Gasteiger charge is 2.24. The molecule has 5 nitrogen and oxygen atoms in total. The first-order chi connectivity index (χ1) is 11.6. The van der Waals surface area contributed by atoms with E-state index in [1.54, 1.807) is 0 Å². The number of primary amides is 1. The molecule has 1 aromatic carbocycles. The summed E-state index contributed by atoms with van der Waals surface area (Å²) in [6.45, 7) is 1.76. The lowest BCUT2D eigenvalue weighted by atomic mass is 10.0. The number of fused-ring (bicyclic) bond motifs is 1.